The molecule has 0 aromatic rings. The quantitative estimate of drug-likeness (QED) is 0.316. The molecule has 1 aliphatic carbocycles. The molecule has 0 saturated heterocycles. The lowest BCUT2D eigenvalue weighted by Crippen LogP contribution is -1.85. The van der Waals surface area contributed by atoms with Crippen molar-refractivity contribution in [3.05, 3.63) is 39.5 Å². The fraction of sp³-hybridized carbons (Fsp3) is 0.824. The molecule has 0 aromatic heterocycles. The molecule has 0 atom stereocenters. The molecule has 0 bridgehead atoms. The van der Waals surface area contributed by atoms with E-state index in [1.165, 1.54) is 38.5 Å². The Morgan fingerprint density at radius 2 is 0.412 bits per heavy atom. The third kappa shape index (κ3) is 1600. The van der Waals surface area contributed by atoms with Crippen molar-refractivity contribution in [2.24, 2.45) is 5.92 Å². The van der Waals surface area contributed by atoms with E-state index in [1.807, 2.05) is 111 Å². The van der Waals surface area contributed by atoms with E-state index in [1.54, 1.807) is 0 Å². The van der Waals surface area contributed by atoms with Crippen molar-refractivity contribution in [2.45, 2.75) is 184 Å². The van der Waals surface area contributed by atoms with Gasteiger partial charge in [-0.25, -0.2) is 0 Å². The maximum Gasteiger partial charge on any atom is -0.0500 e. The predicted molar refractivity (Wildman–Crippen MR) is 184 cm³/mol. The van der Waals surface area contributed by atoms with Gasteiger partial charge >= 0.3 is 0 Å². The smallest absolute Gasteiger partial charge is 0.0500 e. The monoisotopic (exact) mass is 497 g/mol. The minimum atomic E-state index is 0.833. The summed E-state index contributed by atoms with van der Waals surface area (Å²) >= 11 is 0. The van der Waals surface area contributed by atoms with Crippen molar-refractivity contribution in [3.63, 3.8) is 0 Å². The lowest BCUT2D eigenvalue weighted by molar-refractivity contribution is 0.504. The molecule has 0 aliphatic heterocycles. The van der Waals surface area contributed by atoms with E-state index in [9.17, 15) is 0 Å². The molecule has 1 saturated carbocycles. The SMILES string of the molecule is C1CCC1.C=C.C=C.C=C.CC.CC.CC.CC.CC.CC.CC.CC.CC(C)C.CCCC. The first-order valence-corrected chi connectivity index (χ1v) is 15.1. The molecule has 0 N–H and O–H groups in total. The average Bonchev–Trinajstić information content (AvgIpc) is 2.95. The molecule has 34 heavy (non-hydrogen) atoms. The summed E-state index contributed by atoms with van der Waals surface area (Å²) in [5.41, 5.74) is 0. The molecule has 0 spiro atoms. The summed E-state index contributed by atoms with van der Waals surface area (Å²) in [5, 5.41) is 0. The van der Waals surface area contributed by atoms with Crippen LogP contribution in [-0.4, -0.2) is 0 Å². The minimum absolute atomic E-state index is 0.833. The Bertz CT molecular complexity index is 66.5. The molecular formula is C34H88. The van der Waals surface area contributed by atoms with E-state index in [4.69, 9.17) is 0 Å². The average molecular weight is 497 g/mol. The summed E-state index contributed by atoms with van der Waals surface area (Å²) in [6, 6.07) is 0. The molecule has 0 heterocycles. The third-order valence-electron chi connectivity index (χ3n) is 1.50. The first-order valence-electron chi connectivity index (χ1n) is 15.1. The minimum Gasteiger partial charge on any atom is -0.106 e. The van der Waals surface area contributed by atoms with Gasteiger partial charge in [0.25, 0.3) is 0 Å². The maximum absolute atomic E-state index is 3.00. The summed E-state index contributed by atoms with van der Waals surface area (Å²) in [5.74, 6) is 0.833. The van der Waals surface area contributed by atoms with Gasteiger partial charge in [-0.3, -0.25) is 0 Å². The number of hydrogen-bond donors (Lipinski definition) is 0. The molecule has 0 nitrogen and oxygen atoms in total. The van der Waals surface area contributed by atoms with Gasteiger partial charge in [-0.05, 0) is 5.92 Å². The van der Waals surface area contributed by atoms with Crippen LogP contribution < -0.4 is 0 Å². The zero-order valence-corrected chi connectivity index (χ0v) is 30.1. The molecule has 0 amide bonds. The van der Waals surface area contributed by atoms with Crippen LogP contribution in [0.25, 0.3) is 0 Å². The Morgan fingerprint density at radius 1 is 0.353 bits per heavy atom. The Morgan fingerprint density at radius 3 is 0.412 bits per heavy atom. The highest BCUT2D eigenvalue weighted by Gasteiger charge is 1.95. The van der Waals surface area contributed by atoms with Crippen molar-refractivity contribution >= 4 is 0 Å². The van der Waals surface area contributed by atoms with Crippen LogP contribution in [0.15, 0.2) is 39.5 Å². The second kappa shape index (κ2) is 465. The fourth-order valence-electron chi connectivity index (χ4n) is 0.250. The topological polar surface area (TPSA) is 0 Å². The van der Waals surface area contributed by atoms with Gasteiger partial charge in [0.2, 0.25) is 0 Å². The van der Waals surface area contributed by atoms with Crippen LogP contribution in [0.4, 0.5) is 0 Å². The van der Waals surface area contributed by atoms with E-state index in [0.29, 0.717) is 0 Å². The van der Waals surface area contributed by atoms with Crippen molar-refractivity contribution < 1.29 is 0 Å². The van der Waals surface area contributed by atoms with Crippen molar-refractivity contribution in [1.82, 2.24) is 0 Å². The molecular weight excluding hydrogens is 408 g/mol. The number of unbranched alkanes of at least 4 members (excludes halogenated alkanes) is 1. The lowest BCUT2D eigenvalue weighted by atomic mass is 10.0. The van der Waals surface area contributed by atoms with Gasteiger partial charge in [-0.15, -0.1) is 39.5 Å². The standard InChI is InChI=1S/C4H8.2C4H10.8C2H6.3C2H4/c1-2-4-3-1;1-4(2)3;1-3-4-2;11*1-2/h1-4H2;4H,1-3H3;3-4H2,1-2H3;8*1-2H3;3*1-2H2. The summed E-state index contributed by atoms with van der Waals surface area (Å²) in [7, 11) is 0. The second-order valence-electron chi connectivity index (χ2n) is 4.15. The maximum atomic E-state index is 3.00. The van der Waals surface area contributed by atoms with E-state index >= 15 is 0 Å². The number of hydrogen-bond acceptors (Lipinski definition) is 0. The molecule has 0 unspecified atom stereocenters. The molecule has 1 aliphatic rings. The number of rotatable bonds is 1. The summed E-state index contributed by atoms with van der Waals surface area (Å²) < 4.78 is 0. The zero-order chi connectivity index (χ0) is 31.8. The predicted octanol–water partition coefficient (Wildman–Crippen LogP) is 15.6. The van der Waals surface area contributed by atoms with Crippen LogP contribution in [-0.2, 0) is 0 Å². The van der Waals surface area contributed by atoms with Crippen molar-refractivity contribution in [1.29, 1.82) is 0 Å². The van der Waals surface area contributed by atoms with Crippen LogP contribution in [0.3, 0.4) is 0 Å². The van der Waals surface area contributed by atoms with Crippen LogP contribution in [0.2, 0.25) is 0 Å². The highest BCUT2D eigenvalue weighted by Crippen LogP contribution is 2.15. The van der Waals surface area contributed by atoms with Crippen LogP contribution in [0.1, 0.15) is 184 Å². The van der Waals surface area contributed by atoms with Crippen molar-refractivity contribution in [2.75, 3.05) is 0 Å². The normalized spacial score (nSPS) is 6.53. The molecule has 0 heteroatoms. The van der Waals surface area contributed by atoms with Crippen LogP contribution in [0.5, 0.6) is 0 Å². The Hall–Kier alpha value is -0.780. The summed E-state index contributed by atoms with van der Waals surface area (Å²) in [6.45, 7) is 60.9. The third-order valence-corrected chi connectivity index (χ3v) is 1.50. The van der Waals surface area contributed by atoms with Crippen LogP contribution in [0, 0.1) is 5.92 Å². The van der Waals surface area contributed by atoms with E-state index in [0.717, 1.165) is 5.92 Å². The molecule has 1 rings (SSSR count). The van der Waals surface area contributed by atoms with E-state index in [-0.39, 0.29) is 0 Å². The van der Waals surface area contributed by atoms with Gasteiger partial charge in [0.15, 0.2) is 0 Å². The van der Waals surface area contributed by atoms with Gasteiger partial charge in [0.1, 0.15) is 0 Å². The zero-order valence-electron chi connectivity index (χ0n) is 30.1. The van der Waals surface area contributed by atoms with Gasteiger partial charge in [-0.1, -0.05) is 184 Å². The Balaban J connectivity index is -0.0000000129. The van der Waals surface area contributed by atoms with Gasteiger partial charge < -0.3 is 0 Å². The van der Waals surface area contributed by atoms with Gasteiger partial charge in [0.05, 0.1) is 0 Å². The first-order chi connectivity index (χ1) is 16.6. The van der Waals surface area contributed by atoms with Crippen molar-refractivity contribution in [3.8, 4) is 0 Å². The fourth-order valence-corrected chi connectivity index (χ4v) is 0.250. The molecule has 1 fully saturated rings. The Labute approximate surface area is 229 Å². The van der Waals surface area contributed by atoms with Gasteiger partial charge in [-0.2, -0.15) is 0 Å². The summed E-state index contributed by atoms with van der Waals surface area (Å²) in [6.07, 6.45) is 8.64. The highest BCUT2D eigenvalue weighted by molar-refractivity contribution is 4.50. The molecule has 224 valence electrons. The molecule has 0 radical (unpaired) electrons. The molecule has 0 aromatic carbocycles. The second-order valence-corrected chi connectivity index (χ2v) is 4.15. The largest absolute Gasteiger partial charge is 0.106 e. The Kier molecular flexibility index (Phi) is 1150. The van der Waals surface area contributed by atoms with E-state index in [2.05, 4.69) is 74.1 Å². The summed E-state index contributed by atoms with van der Waals surface area (Å²) in [4.78, 5) is 0. The first kappa shape index (κ1) is 84.4. The lowest BCUT2D eigenvalue weighted by Gasteiger charge is -2.05. The highest BCUT2D eigenvalue weighted by atomic mass is 14.0. The van der Waals surface area contributed by atoms with E-state index < -0.39 is 0 Å². The van der Waals surface area contributed by atoms with Crippen LogP contribution >= 0.6 is 0 Å². The van der Waals surface area contributed by atoms with Gasteiger partial charge in [0, 0.05) is 0 Å².